The Morgan fingerprint density at radius 1 is 1.56 bits per heavy atom. The molecule has 1 heterocycles. The molecule has 1 aliphatic heterocycles. The molecule has 1 aliphatic rings. The lowest BCUT2D eigenvalue weighted by molar-refractivity contribution is -0.126. The summed E-state index contributed by atoms with van der Waals surface area (Å²) in [7, 11) is 0. The van der Waals surface area contributed by atoms with Crippen molar-refractivity contribution in [3.8, 4) is 6.07 Å². The number of nitrogens with zero attached hydrogens (tertiary/aromatic N) is 2. The van der Waals surface area contributed by atoms with Gasteiger partial charge in [-0.25, -0.2) is 0 Å². The highest BCUT2D eigenvalue weighted by atomic mass is 16.3. The third-order valence-electron chi connectivity index (χ3n) is 2.38. The minimum atomic E-state index is -0.446. The average molecular weight is 222 g/mol. The molecule has 4 heteroatoms. The van der Waals surface area contributed by atoms with Crippen LogP contribution in [0.3, 0.4) is 0 Å². The Bertz CT molecular complexity index is 347. The normalized spacial score (nSPS) is 22.1. The first-order chi connectivity index (χ1) is 7.33. The molecule has 1 saturated heterocycles. The second kappa shape index (κ2) is 4.67. The number of allylic oxidation sites excluding steroid dienone is 1. The zero-order chi connectivity index (χ0) is 12.3. The first-order valence-electron chi connectivity index (χ1n) is 5.44. The Labute approximate surface area is 96.2 Å². The van der Waals surface area contributed by atoms with E-state index in [9.17, 15) is 9.90 Å². The van der Waals surface area contributed by atoms with Crippen molar-refractivity contribution in [2.75, 3.05) is 13.1 Å². The monoisotopic (exact) mass is 222 g/mol. The van der Waals surface area contributed by atoms with Crippen LogP contribution >= 0.6 is 0 Å². The first-order valence-corrected chi connectivity index (χ1v) is 5.44. The van der Waals surface area contributed by atoms with Crippen molar-refractivity contribution in [3.05, 3.63) is 11.6 Å². The number of nitriles is 1. The van der Waals surface area contributed by atoms with E-state index in [-0.39, 0.29) is 16.9 Å². The third-order valence-corrected chi connectivity index (χ3v) is 2.38. The molecule has 1 atom stereocenters. The molecule has 1 fully saturated rings. The number of hydrogen-bond acceptors (Lipinski definition) is 3. The van der Waals surface area contributed by atoms with Gasteiger partial charge < -0.3 is 10.0 Å². The number of aliphatic hydroxyl groups excluding tert-OH is 1. The van der Waals surface area contributed by atoms with Gasteiger partial charge in [-0.15, -0.1) is 0 Å². The lowest BCUT2D eigenvalue weighted by Gasteiger charge is -2.17. The molecule has 0 bridgehead atoms. The highest BCUT2D eigenvalue weighted by Crippen LogP contribution is 2.20. The van der Waals surface area contributed by atoms with Gasteiger partial charge in [-0.3, -0.25) is 4.79 Å². The number of carbonyl (C=O) groups excluding carboxylic acids is 1. The lowest BCUT2D eigenvalue weighted by Crippen LogP contribution is -2.31. The summed E-state index contributed by atoms with van der Waals surface area (Å²) in [4.78, 5) is 13.5. The van der Waals surface area contributed by atoms with Crippen LogP contribution in [0.5, 0.6) is 0 Å². The molecule has 0 aromatic rings. The highest BCUT2D eigenvalue weighted by molar-refractivity contribution is 5.97. The maximum absolute atomic E-state index is 11.9. The van der Waals surface area contributed by atoms with Crippen LogP contribution in [0, 0.1) is 16.7 Å². The minimum absolute atomic E-state index is 0.168. The third kappa shape index (κ3) is 3.35. The van der Waals surface area contributed by atoms with Gasteiger partial charge in [0, 0.05) is 13.1 Å². The molecule has 1 N–H and O–H groups in total. The van der Waals surface area contributed by atoms with E-state index in [0.717, 1.165) is 0 Å². The van der Waals surface area contributed by atoms with Crippen LogP contribution in [-0.2, 0) is 4.79 Å². The van der Waals surface area contributed by atoms with E-state index in [1.807, 2.05) is 26.8 Å². The Morgan fingerprint density at radius 2 is 2.19 bits per heavy atom. The van der Waals surface area contributed by atoms with Crippen molar-refractivity contribution in [1.29, 1.82) is 5.26 Å². The van der Waals surface area contributed by atoms with E-state index >= 15 is 0 Å². The second-order valence-electron chi connectivity index (χ2n) is 5.23. The van der Waals surface area contributed by atoms with Crippen LogP contribution in [0.15, 0.2) is 11.6 Å². The summed E-state index contributed by atoms with van der Waals surface area (Å²) in [5.74, 6) is -0.269. The summed E-state index contributed by atoms with van der Waals surface area (Å²) >= 11 is 0. The largest absolute Gasteiger partial charge is 0.391 e. The molecule has 0 saturated carbocycles. The van der Waals surface area contributed by atoms with E-state index in [4.69, 9.17) is 5.26 Å². The van der Waals surface area contributed by atoms with Crippen molar-refractivity contribution in [3.63, 3.8) is 0 Å². The average Bonchev–Trinajstić information content (AvgIpc) is 2.58. The Balaban J connectivity index is 2.80. The molecule has 1 rings (SSSR count). The van der Waals surface area contributed by atoms with Crippen LogP contribution < -0.4 is 0 Å². The van der Waals surface area contributed by atoms with E-state index in [1.54, 1.807) is 6.08 Å². The predicted molar refractivity (Wildman–Crippen MR) is 60.4 cm³/mol. The minimum Gasteiger partial charge on any atom is -0.391 e. The maximum Gasteiger partial charge on any atom is 0.264 e. The van der Waals surface area contributed by atoms with Gasteiger partial charge in [-0.2, -0.15) is 5.26 Å². The topological polar surface area (TPSA) is 64.3 Å². The van der Waals surface area contributed by atoms with Gasteiger partial charge in [0.05, 0.1) is 6.10 Å². The van der Waals surface area contributed by atoms with Crippen molar-refractivity contribution >= 4 is 5.91 Å². The molecule has 0 aromatic carbocycles. The number of likely N-dealkylation sites (tertiary alicyclic amines) is 1. The standard InChI is InChI=1S/C12H18N2O2/c1-12(2,3)6-9(7-13)11(16)14-5-4-10(15)8-14/h6,10,15H,4-5,8H2,1-3H3/b9-6+/t10-/m0/s1. The number of hydrogen-bond donors (Lipinski definition) is 1. The molecule has 0 aliphatic carbocycles. The fourth-order valence-corrected chi connectivity index (χ4v) is 1.67. The van der Waals surface area contributed by atoms with Gasteiger partial charge in [0.1, 0.15) is 11.6 Å². The first kappa shape index (κ1) is 12.7. The van der Waals surface area contributed by atoms with Gasteiger partial charge in [-0.1, -0.05) is 26.8 Å². The second-order valence-corrected chi connectivity index (χ2v) is 5.23. The molecule has 0 spiro atoms. The summed E-state index contributed by atoms with van der Waals surface area (Å²) in [6.45, 7) is 6.69. The van der Waals surface area contributed by atoms with Crippen molar-refractivity contribution in [2.45, 2.75) is 33.3 Å². The molecule has 16 heavy (non-hydrogen) atoms. The number of aliphatic hydroxyl groups is 1. The van der Waals surface area contributed by atoms with Gasteiger partial charge in [0.2, 0.25) is 0 Å². The molecule has 4 nitrogen and oxygen atoms in total. The molecule has 88 valence electrons. The van der Waals surface area contributed by atoms with E-state index in [1.165, 1.54) is 4.90 Å². The van der Waals surface area contributed by atoms with E-state index in [0.29, 0.717) is 19.5 Å². The molecular weight excluding hydrogens is 204 g/mol. The highest BCUT2D eigenvalue weighted by Gasteiger charge is 2.27. The number of rotatable bonds is 1. The van der Waals surface area contributed by atoms with E-state index in [2.05, 4.69) is 0 Å². The predicted octanol–water partition coefficient (Wildman–Crippen LogP) is 1.08. The summed E-state index contributed by atoms with van der Waals surface area (Å²) in [5.41, 5.74) is -0.0272. The summed E-state index contributed by atoms with van der Waals surface area (Å²) in [6.07, 6.45) is 1.83. The quantitative estimate of drug-likeness (QED) is 0.533. The Kier molecular flexibility index (Phi) is 3.71. The smallest absolute Gasteiger partial charge is 0.264 e. The van der Waals surface area contributed by atoms with E-state index < -0.39 is 6.10 Å². The Hall–Kier alpha value is -1.34. The number of amides is 1. The Morgan fingerprint density at radius 3 is 2.56 bits per heavy atom. The van der Waals surface area contributed by atoms with Gasteiger partial charge in [0.15, 0.2) is 0 Å². The van der Waals surface area contributed by atoms with Gasteiger partial charge >= 0.3 is 0 Å². The lowest BCUT2D eigenvalue weighted by atomic mass is 9.93. The summed E-state index contributed by atoms with van der Waals surface area (Å²) in [5, 5.41) is 18.3. The molecule has 1 amide bonds. The summed E-state index contributed by atoms with van der Waals surface area (Å²) in [6, 6.07) is 1.94. The fourth-order valence-electron chi connectivity index (χ4n) is 1.67. The van der Waals surface area contributed by atoms with Crippen molar-refractivity contribution in [2.24, 2.45) is 5.41 Å². The van der Waals surface area contributed by atoms with Gasteiger partial charge in [-0.05, 0) is 11.8 Å². The van der Waals surface area contributed by atoms with Crippen molar-refractivity contribution in [1.82, 2.24) is 4.90 Å². The molecule has 0 radical (unpaired) electrons. The van der Waals surface area contributed by atoms with Crippen LogP contribution in [0.4, 0.5) is 0 Å². The molecular formula is C12H18N2O2. The zero-order valence-corrected chi connectivity index (χ0v) is 10.0. The molecule has 0 unspecified atom stereocenters. The van der Waals surface area contributed by atoms with Crippen LogP contribution in [-0.4, -0.2) is 35.1 Å². The van der Waals surface area contributed by atoms with Crippen LogP contribution in [0.25, 0.3) is 0 Å². The van der Waals surface area contributed by atoms with Crippen LogP contribution in [0.1, 0.15) is 27.2 Å². The molecule has 0 aromatic heterocycles. The number of carbonyl (C=O) groups is 1. The maximum atomic E-state index is 11.9. The van der Waals surface area contributed by atoms with Crippen molar-refractivity contribution < 1.29 is 9.90 Å². The van der Waals surface area contributed by atoms with Crippen LogP contribution in [0.2, 0.25) is 0 Å². The fraction of sp³-hybridized carbons (Fsp3) is 0.667. The zero-order valence-electron chi connectivity index (χ0n) is 10.0. The summed E-state index contributed by atoms with van der Waals surface area (Å²) < 4.78 is 0. The number of β-amino-alcohol motifs (C(OH)–C–C–N with tert-alkyl or cyclic N) is 1. The van der Waals surface area contributed by atoms with Gasteiger partial charge in [0.25, 0.3) is 5.91 Å². The SMILES string of the molecule is CC(C)(C)/C=C(\C#N)C(=O)N1CC[C@H](O)C1.